The lowest BCUT2D eigenvalue weighted by Crippen LogP contribution is -2.15. The summed E-state index contributed by atoms with van der Waals surface area (Å²) < 4.78 is 28.7. The minimum atomic E-state index is -3.94. The smallest absolute Gasteiger partial charge is 0.246 e. The second-order valence-corrected chi connectivity index (χ2v) is 7.93. The van der Waals surface area contributed by atoms with Gasteiger partial charge in [-0.15, -0.1) is 5.10 Å². The number of aryl methyl sites for hydroxylation is 1. The molecule has 0 bridgehead atoms. The lowest BCUT2D eigenvalue weighted by atomic mass is 10.1. The molecule has 0 spiro atoms. The van der Waals surface area contributed by atoms with Crippen LogP contribution in [-0.4, -0.2) is 23.2 Å². The van der Waals surface area contributed by atoms with Crippen molar-refractivity contribution >= 4 is 39.2 Å². The topological polar surface area (TPSA) is 76.9 Å². The SMILES string of the molecule is Cc1ccc(Cn2cnc(NS(=O)(=O)c3cc(Cl)ccc3Cl)n2)cc1. The predicted molar refractivity (Wildman–Crippen MR) is 97.6 cm³/mol. The lowest BCUT2D eigenvalue weighted by molar-refractivity contribution is 0.600. The maximum Gasteiger partial charge on any atom is 0.265 e. The molecule has 1 heterocycles. The second-order valence-electron chi connectivity index (χ2n) is 5.43. The molecule has 130 valence electrons. The van der Waals surface area contributed by atoms with Gasteiger partial charge in [-0.05, 0) is 30.7 Å². The van der Waals surface area contributed by atoms with Crippen molar-refractivity contribution in [1.29, 1.82) is 0 Å². The zero-order chi connectivity index (χ0) is 18.0. The summed E-state index contributed by atoms with van der Waals surface area (Å²) in [4.78, 5) is 3.85. The van der Waals surface area contributed by atoms with E-state index >= 15 is 0 Å². The molecule has 0 aliphatic carbocycles. The first-order valence-corrected chi connectivity index (χ1v) is 9.50. The van der Waals surface area contributed by atoms with Crippen LogP contribution in [0.1, 0.15) is 11.1 Å². The predicted octanol–water partition coefficient (Wildman–Crippen LogP) is 3.74. The summed E-state index contributed by atoms with van der Waals surface area (Å²) in [5.41, 5.74) is 2.19. The molecule has 0 atom stereocenters. The molecule has 3 aromatic rings. The Labute approximate surface area is 155 Å². The number of hydrogen-bond donors (Lipinski definition) is 1. The fourth-order valence-electron chi connectivity index (χ4n) is 2.16. The zero-order valence-corrected chi connectivity index (χ0v) is 15.5. The highest BCUT2D eigenvalue weighted by molar-refractivity contribution is 7.92. The number of sulfonamides is 1. The third kappa shape index (κ3) is 4.31. The Morgan fingerprint density at radius 2 is 1.84 bits per heavy atom. The van der Waals surface area contributed by atoms with Gasteiger partial charge < -0.3 is 0 Å². The van der Waals surface area contributed by atoms with E-state index in [1.807, 2.05) is 31.2 Å². The van der Waals surface area contributed by atoms with Crippen LogP contribution < -0.4 is 4.72 Å². The third-order valence-electron chi connectivity index (χ3n) is 3.41. The Morgan fingerprint density at radius 3 is 2.56 bits per heavy atom. The Morgan fingerprint density at radius 1 is 1.12 bits per heavy atom. The maximum atomic E-state index is 12.4. The number of rotatable bonds is 5. The Hall–Kier alpha value is -2.09. The summed E-state index contributed by atoms with van der Waals surface area (Å²) in [6.45, 7) is 2.49. The highest BCUT2D eigenvalue weighted by atomic mass is 35.5. The molecule has 0 aliphatic rings. The summed E-state index contributed by atoms with van der Waals surface area (Å²) >= 11 is 11.8. The van der Waals surface area contributed by atoms with Crippen LogP contribution >= 0.6 is 23.2 Å². The fourth-order valence-corrected chi connectivity index (χ4v) is 3.87. The second kappa shape index (κ2) is 7.03. The zero-order valence-electron chi connectivity index (χ0n) is 13.1. The van der Waals surface area contributed by atoms with Gasteiger partial charge in [0.1, 0.15) is 11.2 Å². The van der Waals surface area contributed by atoms with Gasteiger partial charge in [0.25, 0.3) is 16.0 Å². The summed E-state index contributed by atoms with van der Waals surface area (Å²) in [5, 5.41) is 4.46. The van der Waals surface area contributed by atoms with E-state index in [0.29, 0.717) is 6.54 Å². The molecule has 1 N–H and O–H groups in total. The van der Waals surface area contributed by atoms with Crippen molar-refractivity contribution < 1.29 is 8.42 Å². The monoisotopic (exact) mass is 396 g/mol. The van der Waals surface area contributed by atoms with Gasteiger partial charge in [0.15, 0.2) is 0 Å². The van der Waals surface area contributed by atoms with Gasteiger partial charge in [-0.2, -0.15) is 4.98 Å². The Bertz CT molecular complexity index is 1000. The van der Waals surface area contributed by atoms with Crippen LogP contribution in [0.25, 0.3) is 0 Å². The van der Waals surface area contributed by atoms with Crippen molar-refractivity contribution in [2.24, 2.45) is 0 Å². The largest absolute Gasteiger partial charge is 0.265 e. The molecule has 0 unspecified atom stereocenters. The normalized spacial score (nSPS) is 11.5. The Kier molecular flexibility index (Phi) is 4.99. The summed E-state index contributed by atoms with van der Waals surface area (Å²) in [5.74, 6) is -0.0387. The average Bonchev–Trinajstić information content (AvgIpc) is 2.98. The van der Waals surface area contributed by atoms with Crippen LogP contribution in [-0.2, 0) is 16.6 Å². The van der Waals surface area contributed by atoms with E-state index in [9.17, 15) is 8.42 Å². The standard InChI is InChI=1S/C16H14Cl2N4O2S/c1-11-2-4-12(5-3-11)9-22-10-19-16(20-22)21-25(23,24)15-8-13(17)6-7-14(15)18/h2-8,10H,9H2,1H3,(H,20,21). The van der Waals surface area contributed by atoms with Gasteiger partial charge in [0.05, 0.1) is 11.6 Å². The van der Waals surface area contributed by atoms with E-state index in [1.54, 1.807) is 4.68 Å². The van der Waals surface area contributed by atoms with Crippen LogP contribution in [0, 0.1) is 6.92 Å². The number of benzene rings is 2. The molecule has 25 heavy (non-hydrogen) atoms. The highest BCUT2D eigenvalue weighted by Crippen LogP contribution is 2.26. The molecule has 9 heteroatoms. The molecule has 0 aliphatic heterocycles. The molecule has 0 radical (unpaired) electrons. The Balaban J connectivity index is 1.78. The van der Waals surface area contributed by atoms with Gasteiger partial charge in [-0.25, -0.2) is 17.8 Å². The molecule has 0 fully saturated rings. The van der Waals surface area contributed by atoms with E-state index in [2.05, 4.69) is 14.8 Å². The first-order valence-electron chi connectivity index (χ1n) is 7.26. The number of anilines is 1. The molecule has 3 rings (SSSR count). The van der Waals surface area contributed by atoms with Crippen LogP contribution in [0.5, 0.6) is 0 Å². The van der Waals surface area contributed by atoms with E-state index in [4.69, 9.17) is 23.2 Å². The summed E-state index contributed by atoms with van der Waals surface area (Å²) in [6.07, 6.45) is 1.46. The molecule has 6 nitrogen and oxygen atoms in total. The lowest BCUT2D eigenvalue weighted by Gasteiger charge is -2.07. The van der Waals surface area contributed by atoms with Crippen molar-refractivity contribution in [3.05, 3.63) is 70.0 Å². The molecular weight excluding hydrogens is 383 g/mol. The van der Waals surface area contributed by atoms with Crippen molar-refractivity contribution in [3.8, 4) is 0 Å². The number of aromatic nitrogens is 3. The molecule has 0 saturated heterocycles. The van der Waals surface area contributed by atoms with Crippen molar-refractivity contribution in [3.63, 3.8) is 0 Å². The van der Waals surface area contributed by atoms with Gasteiger partial charge in [0.2, 0.25) is 0 Å². The fraction of sp³-hybridized carbons (Fsp3) is 0.125. The van der Waals surface area contributed by atoms with E-state index in [-0.39, 0.29) is 20.9 Å². The van der Waals surface area contributed by atoms with Crippen LogP contribution in [0.3, 0.4) is 0 Å². The van der Waals surface area contributed by atoms with E-state index in [0.717, 1.165) is 11.1 Å². The highest BCUT2D eigenvalue weighted by Gasteiger charge is 2.20. The van der Waals surface area contributed by atoms with Gasteiger partial charge in [-0.1, -0.05) is 53.0 Å². The number of hydrogen-bond acceptors (Lipinski definition) is 4. The average molecular weight is 397 g/mol. The quantitative estimate of drug-likeness (QED) is 0.712. The summed E-state index contributed by atoms with van der Waals surface area (Å²) in [7, 11) is -3.94. The van der Waals surface area contributed by atoms with Gasteiger partial charge in [-0.3, -0.25) is 0 Å². The van der Waals surface area contributed by atoms with Crippen molar-refractivity contribution in [1.82, 2.24) is 14.8 Å². The number of nitrogens with one attached hydrogen (secondary N) is 1. The summed E-state index contributed by atoms with van der Waals surface area (Å²) in [6, 6.07) is 12.2. The van der Waals surface area contributed by atoms with E-state index in [1.165, 1.54) is 24.5 Å². The number of halogens is 2. The van der Waals surface area contributed by atoms with E-state index < -0.39 is 10.0 Å². The third-order valence-corrected chi connectivity index (χ3v) is 5.45. The van der Waals surface area contributed by atoms with Crippen LogP contribution in [0.15, 0.2) is 53.7 Å². The van der Waals surface area contributed by atoms with Crippen LogP contribution in [0.2, 0.25) is 10.0 Å². The van der Waals surface area contributed by atoms with Gasteiger partial charge >= 0.3 is 0 Å². The molecular formula is C16H14Cl2N4O2S. The van der Waals surface area contributed by atoms with Crippen molar-refractivity contribution in [2.45, 2.75) is 18.4 Å². The maximum absolute atomic E-state index is 12.4. The molecule has 1 aromatic heterocycles. The van der Waals surface area contributed by atoms with Gasteiger partial charge in [0, 0.05) is 5.02 Å². The molecule has 2 aromatic carbocycles. The minimum Gasteiger partial charge on any atom is -0.246 e. The first kappa shape index (κ1) is 17.7. The molecule has 0 amide bonds. The minimum absolute atomic E-state index is 0.0387. The molecule has 0 saturated carbocycles. The van der Waals surface area contributed by atoms with Crippen LogP contribution in [0.4, 0.5) is 5.95 Å². The van der Waals surface area contributed by atoms with Crippen molar-refractivity contribution in [2.75, 3.05) is 4.72 Å². The number of nitrogens with zero attached hydrogens (tertiary/aromatic N) is 3. The first-order chi connectivity index (χ1) is 11.8.